The van der Waals surface area contributed by atoms with E-state index in [2.05, 4.69) is 11.6 Å². The van der Waals surface area contributed by atoms with Crippen LogP contribution in [-0.2, 0) is 0 Å². The maximum Gasteiger partial charge on any atom is 0.0989 e. The average molecular weight is 159 g/mol. The molecule has 0 atom stereocenters. The van der Waals surface area contributed by atoms with Gasteiger partial charge in [-0.25, -0.2) is 4.99 Å². The molecule has 0 aromatic carbocycles. The normalized spacial score (nSPS) is 11.7. The molecule has 0 bridgehead atoms. The predicted octanol–water partition coefficient (Wildman–Crippen LogP) is 1.66. The van der Waals surface area contributed by atoms with Crippen molar-refractivity contribution < 1.29 is 5.11 Å². The van der Waals surface area contributed by atoms with Gasteiger partial charge in [-0.15, -0.1) is 11.8 Å². The van der Waals surface area contributed by atoms with Crippen molar-refractivity contribution in [3.05, 3.63) is 12.3 Å². The number of aliphatic imine (C=N–C) groups is 1. The summed E-state index contributed by atoms with van der Waals surface area (Å²) in [5.74, 6) is 0.937. The van der Waals surface area contributed by atoms with Crippen molar-refractivity contribution in [2.75, 3.05) is 12.4 Å². The molecule has 0 rings (SSSR count). The summed E-state index contributed by atoms with van der Waals surface area (Å²) in [7, 11) is 0. The van der Waals surface area contributed by atoms with E-state index in [0.717, 1.165) is 16.5 Å². The molecule has 0 aromatic rings. The van der Waals surface area contributed by atoms with Gasteiger partial charge in [0, 0.05) is 5.70 Å². The second-order valence-electron chi connectivity index (χ2n) is 1.83. The van der Waals surface area contributed by atoms with Crippen LogP contribution in [0.1, 0.15) is 13.8 Å². The molecule has 1 N–H and O–H groups in total. The molecular weight excluding hydrogens is 146 g/mol. The van der Waals surface area contributed by atoms with Gasteiger partial charge in [0.1, 0.15) is 0 Å². The maximum atomic E-state index is 8.71. The SMILES string of the molecule is C=C(C)/N=C(/CO)SCC. The van der Waals surface area contributed by atoms with Gasteiger partial charge in [0.25, 0.3) is 0 Å². The number of aliphatic hydroxyl groups excluding tert-OH is 1. The zero-order chi connectivity index (χ0) is 7.98. The van der Waals surface area contributed by atoms with Crippen LogP contribution in [0.25, 0.3) is 0 Å². The summed E-state index contributed by atoms with van der Waals surface area (Å²) in [4.78, 5) is 4.02. The fraction of sp³-hybridized carbons (Fsp3) is 0.571. The smallest absolute Gasteiger partial charge is 0.0989 e. The van der Waals surface area contributed by atoms with Crippen LogP contribution in [0, 0.1) is 0 Å². The van der Waals surface area contributed by atoms with Crippen molar-refractivity contribution in [2.24, 2.45) is 4.99 Å². The Hall–Kier alpha value is -0.280. The third-order valence-corrected chi connectivity index (χ3v) is 1.60. The van der Waals surface area contributed by atoms with Gasteiger partial charge in [0.05, 0.1) is 11.7 Å². The van der Waals surface area contributed by atoms with Crippen LogP contribution in [0.15, 0.2) is 17.3 Å². The van der Waals surface area contributed by atoms with Crippen molar-refractivity contribution in [3.8, 4) is 0 Å². The summed E-state index contributed by atoms with van der Waals surface area (Å²) in [6, 6.07) is 0. The molecule has 0 saturated heterocycles. The molecule has 0 amide bonds. The summed E-state index contributed by atoms with van der Waals surface area (Å²) >= 11 is 1.54. The second kappa shape index (κ2) is 5.50. The van der Waals surface area contributed by atoms with E-state index in [1.807, 2.05) is 13.8 Å². The van der Waals surface area contributed by atoms with Gasteiger partial charge >= 0.3 is 0 Å². The Morgan fingerprint density at radius 3 is 2.60 bits per heavy atom. The van der Waals surface area contributed by atoms with E-state index in [1.54, 1.807) is 11.8 Å². The molecule has 0 unspecified atom stereocenters. The number of aliphatic hydroxyl groups is 1. The minimum Gasteiger partial charge on any atom is -0.389 e. The quantitative estimate of drug-likeness (QED) is 0.502. The molecule has 0 aromatic heterocycles. The molecule has 0 fully saturated rings. The summed E-state index contributed by atoms with van der Waals surface area (Å²) in [6.07, 6.45) is 0. The number of allylic oxidation sites excluding steroid dienone is 1. The molecule has 0 saturated carbocycles. The van der Waals surface area contributed by atoms with Crippen LogP contribution in [0.5, 0.6) is 0 Å². The molecule has 10 heavy (non-hydrogen) atoms. The molecule has 0 aliphatic heterocycles. The highest BCUT2D eigenvalue weighted by Gasteiger charge is 1.94. The summed E-state index contributed by atoms with van der Waals surface area (Å²) in [5.41, 5.74) is 0.741. The monoisotopic (exact) mass is 159 g/mol. The zero-order valence-electron chi connectivity index (χ0n) is 6.42. The van der Waals surface area contributed by atoms with Crippen molar-refractivity contribution in [3.63, 3.8) is 0 Å². The van der Waals surface area contributed by atoms with E-state index in [9.17, 15) is 0 Å². The predicted molar refractivity (Wildman–Crippen MR) is 47.5 cm³/mol. The molecule has 0 radical (unpaired) electrons. The van der Waals surface area contributed by atoms with E-state index in [1.165, 1.54) is 0 Å². The van der Waals surface area contributed by atoms with E-state index in [-0.39, 0.29) is 6.61 Å². The van der Waals surface area contributed by atoms with Crippen LogP contribution >= 0.6 is 11.8 Å². The molecule has 0 aliphatic rings. The minimum absolute atomic E-state index is 0.0192. The fourth-order valence-electron chi connectivity index (χ4n) is 0.493. The first-order valence-electron chi connectivity index (χ1n) is 3.17. The molecule has 2 nitrogen and oxygen atoms in total. The fourth-order valence-corrected chi connectivity index (χ4v) is 1.14. The standard InChI is InChI=1S/C7H13NOS/c1-4-10-7(5-9)8-6(2)3/h9H,2,4-5H2,1,3H3/b8-7-. The Balaban J connectivity index is 3.91. The van der Waals surface area contributed by atoms with Crippen molar-refractivity contribution in [2.45, 2.75) is 13.8 Å². The first kappa shape index (κ1) is 9.72. The Labute approximate surface area is 66.1 Å². The Morgan fingerprint density at radius 1 is 1.70 bits per heavy atom. The van der Waals surface area contributed by atoms with E-state index >= 15 is 0 Å². The van der Waals surface area contributed by atoms with Crippen LogP contribution < -0.4 is 0 Å². The molecule has 0 spiro atoms. The number of nitrogens with zero attached hydrogens (tertiary/aromatic N) is 1. The van der Waals surface area contributed by atoms with Crippen molar-refractivity contribution in [1.29, 1.82) is 0 Å². The van der Waals surface area contributed by atoms with Gasteiger partial charge in [0.15, 0.2) is 0 Å². The third-order valence-electron chi connectivity index (χ3n) is 0.762. The minimum atomic E-state index is 0.0192. The summed E-state index contributed by atoms with van der Waals surface area (Å²) < 4.78 is 0. The number of rotatable bonds is 3. The summed E-state index contributed by atoms with van der Waals surface area (Å²) in [5, 5.41) is 9.46. The number of hydrogen-bond acceptors (Lipinski definition) is 3. The van der Waals surface area contributed by atoms with Gasteiger partial charge in [-0.05, 0) is 12.7 Å². The van der Waals surface area contributed by atoms with Crippen LogP contribution in [-0.4, -0.2) is 22.5 Å². The second-order valence-corrected chi connectivity index (χ2v) is 3.17. The van der Waals surface area contributed by atoms with Gasteiger partial charge in [0.2, 0.25) is 0 Å². The van der Waals surface area contributed by atoms with Gasteiger partial charge in [-0.3, -0.25) is 0 Å². The molecular formula is C7H13NOS. The molecule has 58 valence electrons. The van der Waals surface area contributed by atoms with Gasteiger partial charge < -0.3 is 5.11 Å². The van der Waals surface area contributed by atoms with E-state index in [4.69, 9.17) is 5.11 Å². The lowest BCUT2D eigenvalue weighted by Gasteiger charge is -1.98. The zero-order valence-corrected chi connectivity index (χ0v) is 7.24. The Kier molecular flexibility index (Phi) is 5.35. The largest absolute Gasteiger partial charge is 0.389 e. The van der Waals surface area contributed by atoms with Crippen LogP contribution in [0.4, 0.5) is 0 Å². The maximum absolute atomic E-state index is 8.71. The number of hydrogen-bond donors (Lipinski definition) is 1. The Morgan fingerprint density at radius 2 is 2.30 bits per heavy atom. The van der Waals surface area contributed by atoms with Crippen molar-refractivity contribution in [1.82, 2.24) is 0 Å². The van der Waals surface area contributed by atoms with Crippen LogP contribution in [0.3, 0.4) is 0 Å². The lowest BCUT2D eigenvalue weighted by molar-refractivity contribution is 0.360. The van der Waals surface area contributed by atoms with Gasteiger partial charge in [-0.1, -0.05) is 13.5 Å². The topological polar surface area (TPSA) is 32.6 Å². The first-order valence-corrected chi connectivity index (χ1v) is 4.16. The highest BCUT2D eigenvalue weighted by molar-refractivity contribution is 8.14. The highest BCUT2D eigenvalue weighted by Crippen LogP contribution is 2.05. The van der Waals surface area contributed by atoms with E-state index < -0.39 is 0 Å². The highest BCUT2D eigenvalue weighted by atomic mass is 32.2. The lowest BCUT2D eigenvalue weighted by atomic mass is 10.6. The molecule has 0 heterocycles. The molecule has 0 aliphatic carbocycles. The number of thioether (sulfide) groups is 1. The van der Waals surface area contributed by atoms with Crippen molar-refractivity contribution >= 4 is 16.8 Å². The van der Waals surface area contributed by atoms with E-state index in [0.29, 0.717) is 0 Å². The molecule has 3 heteroatoms. The van der Waals surface area contributed by atoms with Crippen LogP contribution in [0.2, 0.25) is 0 Å². The lowest BCUT2D eigenvalue weighted by Crippen LogP contribution is -1.99. The summed E-state index contributed by atoms with van der Waals surface area (Å²) in [6.45, 7) is 7.47. The first-order chi connectivity index (χ1) is 4.70. The third kappa shape index (κ3) is 4.58. The average Bonchev–Trinajstić information content (AvgIpc) is 1.86. The van der Waals surface area contributed by atoms with Gasteiger partial charge in [-0.2, -0.15) is 0 Å². The Bertz CT molecular complexity index is 143.